The molecular formula is C20H21FN4O3. The first-order chi connectivity index (χ1) is 13.5. The fourth-order valence-corrected chi connectivity index (χ4v) is 2.83. The number of aliphatic hydroxyl groups is 2. The van der Waals surface area contributed by atoms with E-state index >= 15 is 0 Å². The SMILES string of the molecule is Cc1c(CC(=O)Nc2ccc(CO)c(CO)c2)nnn1Cc1ccc(F)cc1. The van der Waals surface area contributed by atoms with Gasteiger partial charge in [0, 0.05) is 5.69 Å². The summed E-state index contributed by atoms with van der Waals surface area (Å²) in [5, 5.41) is 29.5. The second-order valence-electron chi connectivity index (χ2n) is 6.43. The van der Waals surface area contributed by atoms with Gasteiger partial charge in [-0.2, -0.15) is 0 Å². The van der Waals surface area contributed by atoms with E-state index in [0.717, 1.165) is 11.3 Å². The first kappa shape index (κ1) is 19.7. The van der Waals surface area contributed by atoms with E-state index < -0.39 is 0 Å². The van der Waals surface area contributed by atoms with Crippen LogP contribution in [0.25, 0.3) is 0 Å². The number of nitrogens with zero attached hydrogens (tertiary/aromatic N) is 3. The lowest BCUT2D eigenvalue weighted by Crippen LogP contribution is -2.16. The zero-order chi connectivity index (χ0) is 20.1. The Balaban J connectivity index is 1.66. The van der Waals surface area contributed by atoms with E-state index in [4.69, 9.17) is 0 Å². The number of anilines is 1. The van der Waals surface area contributed by atoms with Crippen molar-refractivity contribution in [3.63, 3.8) is 0 Å². The number of amides is 1. The first-order valence-corrected chi connectivity index (χ1v) is 8.77. The molecule has 3 N–H and O–H groups in total. The topological polar surface area (TPSA) is 100 Å². The summed E-state index contributed by atoms with van der Waals surface area (Å²) in [5.74, 6) is -0.564. The maximum atomic E-state index is 13.0. The van der Waals surface area contributed by atoms with E-state index in [-0.39, 0.29) is 31.4 Å². The van der Waals surface area contributed by atoms with Gasteiger partial charge in [-0.1, -0.05) is 23.4 Å². The molecule has 0 aliphatic carbocycles. The van der Waals surface area contributed by atoms with E-state index in [0.29, 0.717) is 29.1 Å². The van der Waals surface area contributed by atoms with Crippen LogP contribution in [-0.2, 0) is 31.0 Å². The Morgan fingerprint density at radius 1 is 1.11 bits per heavy atom. The van der Waals surface area contributed by atoms with Crippen molar-refractivity contribution in [3.05, 3.63) is 76.4 Å². The van der Waals surface area contributed by atoms with E-state index in [1.807, 2.05) is 6.92 Å². The third kappa shape index (κ3) is 4.59. The highest BCUT2D eigenvalue weighted by atomic mass is 19.1. The zero-order valence-corrected chi connectivity index (χ0v) is 15.4. The quantitative estimate of drug-likeness (QED) is 0.578. The van der Waals surface area contributed by atoms with E-state index in [9.17, 15) is 19.4 Å². The number of carbonyl (C=O) groups is 1. The highest BCUT2D eigenvalue weighted by molar-refractivity contribution is 5.92. The molecule has 0 spiro atoms. The second kappa shape index (κ2) is 8.73. The van der Waals surface area contributed by atoms with E-state index in [2.05, 4.69) is 15.6 Å². The van der Waals surface area contributed by atoms with Crippen molar-refractivity contribution in [2.45, 2.75) is 33.1 Å². The molecular weight excluding hydrogens is 363 g/mol. The van der Waals surface area contributed by atoms with Gasteiger partial charge in [0.2, 0.25) is 5.91 Å². The van der Waals surface area contributed by atoms with E-state index in [1.165, 1.54) is 12.1 Å². The monoisotopic (exact) mass is 384 g/mol. The standard InChI is InChI=1S/C20H21FN4O3/c1-13-19(23-24-25(13)10-14-2-5-17(21)6-3-14)9-20(28)22-18-7-4-15(11-26)16(8-18)12-27/h2-8,26-27H,9-12H2,1H3,(H,22,28). The number of hydrogen-bond acceptors (Lipinski definition) is 5. The molecule has 0 radical (unpaired) electrons. The lowest BCUT2D eigenvalue weighted by Gasteiger charge is -2.09. The predicted molar refractivity (Wildman–Crippen MR) is 101 cm³/mol. The second-order valence-corrected chi connectivity index (χ2v) is 6.43. The molecule has 0 saturated carbocycles. The first-order valence-electron chi connectivity index (χ1n) is 8.77. The van der Waals surface area contributed by atoms with Gasteiger partial charge >= 0.3 is 0 Å². The number of aliphatic hydroxyl groups excluding tert-OH is 2. The van der Waals surface area contributed by atoms with Gasteiger partial charge in [0.15, 0.2) is 0 Å². The van der Waals surface area contributed by atoms with Gasteiger partial charge in [0.05, 0.1) is 37.6 Å². The minimum Gasteiger partial charge on any atom is -0.392 e. The number of rotatable bonds is 7. The number of halogens is 1. The fourth-order valence-electron chi connectivity index (χ4n) is 2.83. The Kier molecular flexibility index (Phi) is 6.13. The Morgan fingerprint density at radius 2 is 1.82 bits per heavy atom. The number of hydrogen-bond donors (Lipinski definition) is 3. The summed E-state index contributed by atoms with van der Waals surface area (Å²) in [5.41, 5.74) is 3.88. The van der Waals surface area contributed by atoms with Gasteiger partial charge in [-0.15, -0.1) is 5.10 Å². The van der Waals surface area contributed by atoms with Crippen LogP contribution in [-0.4, -0.2) is 31.1 Å². The van der Waals surface area contributed by atoms with Gasteiger partial charge in [0.25, 0.3) is 0 Å². The van der Waals surface area contributed by atoms with Crippen LogP contribution in [0, 0.1) is 12.7 Å². The van der Waals surface area contributed by atoms with Gasteiger partial charge in [-0.25, -0.2) is 9.07 Å². The van der Waals surface area contributed by atoms with Crippen LogP contribution >= 0.6 is 0 Å². The lowest BCUT2D eigenvalue weighted by molar-refractivity contribution is -0.115. The maximum absolute atomic E-state index is 13.0. The van der Waals surface area contributed by atoms with Crippen LogP contribution in [0.15, 0.2) is 42.5 Å². The van der Waals surface area contributed by atoms with Crippen molar-refractivity contribution < 1.29 is 19.4 Å². The molecule has 0 saturated heterocycles. The van der Waals surface area contributed by atoms with Crippen LogP contribution in [0.4, 0.5) is 10.1 Å². The van der Waals surface area contributed by atoms with E-state index in [1.54, 1.807) is 35.0 Å². The van der Waals surface area contributed by atoms with Crippen molar-refractivity contribution in [2.24, 2.45) is 0 Å². The van der Waals surface area contributed by atoms with Crippen LogP contribution in [0.1, 0.15) is 28.1 Å². The number of benzene rings is 2. The maximum Gasteiger partial charge on any atom is 0.230 e. The molecule has 0 bridgehead atoms. The molecule has 1 heterocycles. The summed E-state index contributed by atoms with van der Waals surface area (Å²) in [7, 11) is 0. The molecule has 7 nitrogen and oxygen atoms in total. The van der Waals surface area contributed by atoms with Gasteiger partial charge in [-0.05, 0) is 47.9 Å². The summed E-state index contributed by atoms with van der Waals surface area (Å²) < 4.78 is 14.7. The van der Waals surface area contributed by atoms with Crippen LogP contribution in [0.2, 0.25) is 0 Å². The zero-order valence-electron chi connectivity index (χ0n) is 15.4. The molecule has 0 atom stereocenters. The Hall–Kier alpha value is -3.10. The minimum absolute atomic E-state index is 0.0471. The van der Waals surface area contributed by atoms with Gasteiger partial charge in [0.1, 0.15) is 5.82 Å². The molecule has 2 aromatic carbocycles. The lowest BCUT2D eigenvalue weighted by atomic mass is 10.1. The molecule has 8 heteroatoms. The molecule has 0 aliphatic heterocycles. The average Bonchev–Trinajstić information content (AvgIpc) is 3.03. The molecule has 1 aromatic heterocycles. The minimum atomic E-state index is -0.298. The van der Waals surface area contributed by atoms with Crippen molar-refractivity contribution in [1.29, 1.82) is 0 Å². The van der Waals surface area contributed by atoms with Crippen LogP contribution in [0.3, 0.4) is 0 Å². The third-order valence-corrected chi connectivity index (χ3v) is 4.48. The largest absolute Gasteiger partial charge is 0.392 e. The summed E-state index contributed by atoms with van der Waals surface area (Å²) in [6.45, 7) is 1.85. The third-order valence-electron chi connectivity index (χ3n) is 4.48. The number of aromatic nitrogens is 3. The summed E-state index contributed by atoms with van der Waals surface area (Å²) >= 11 is 0. The average molecular weight is 384 g/mol. The van der Waals surface area contributed by atoms with Gasteiger partial charge in [-0.3, -0.25) is 4.79 Å². The summed E-state index contributed by atoms with van der Waals surface area (Å²) in [6.07, 6.45) is 0.0471. The highest BCUT2D eigenvalue weighted by Gasteiger charge is 2.14. The smallest absolute Gasteiger partial charge is 0.230 e. The molecule has 0 fully saturated rings. The Morgan fingerprint density at radius 3 is 2.50 bits per heavy atom. The molecule has 146 valence electrons. The Labute approximate surface area is 161 Å². The predicted octanol–water partition coefficient (Wildman–Crippen LogP) is 1.94. The molecule has 28 heavy (non-hydrogen) atoms. The van der Waals surface area contributed by atoms with Crippen molar-refractivity contribution >= 4 is 11.6 Å². The molecule has 1 amide bonds. The molecule has 3 rings (SSSR count). The normalized spacial score (nSPS) is 10.9. The number of nitrogens with one attached hydrogen (secondary N) is 1. The number of carbonyl (C=O) groups excluding carboxylic acids is 1. The molecule has 3 aromatic rings. The van der Waals surface area contributed by atoms with Crippen LogP contribution < -0.4 is 5.32 Å². The fraction of sp³-hybridized carbons (Fsp3) is 0.250. The van der Waals surface area contributed by atoms with Crippen LogP contribution in [0.5, 0.6) is 0 Å². The van der Waals surface area contributed by atoms with Gasteiger partial charge < -0.3 is 15.5 Å². The van der Waals surface area contributed by atoms with Crippen molar-refractivity contribution in [1.82, 2.24) is 15.0 Å². The highest BCUT2D eigenvalue weighted by Crippen LogP contribution is 2.17. The Bertz CT molecular complexity index is 970. The van der Waals surface area contributed by atoms with Crippen molar-refractivity contribution in [2.75, 3.05) is 5.32 Å². The van der Waals surface area contributed by atoms with Crippen molar-refractivity contribution in [3.8, 4) is 0 Å². The molecule has 0 aliphatic rings. The summed E-state index contributed by atoms with van der Waals surface area (Å²) in [4.78, 5) is 12.4. The summed E-state index contributed by atoms with van der Waals surface area (Å²) in [6, 6.07) is 11.1. The molecule has 0 unspecified atom stereocenters.